The number of carbonyl (C=O) groups is 3. The first-order valence-electron chi connectivity index (χ1n) is 9.75. The maximum absolute atomic E-state index is 12.8. The second-order valence-corrected chi connectivity index (χ2v) is 7.62. The first-order valence-corrected chi connectivity index (χ1v) is 10.1. The van der Waals surface area contributed by atoms with Gasteiger partial charge in [0.05, 0.1) is 0 Å². The Hall–Kier alpha value is -3.06. The highest BCUT2D eigenvalue weighted by molar-refractivity contribution is 6.30. The first-order chi connectivity index (χ1) is 14.4. The molecule has 0 spiro atoms. The highest BCUT2D eigenvalue weighted by Crippen LogP contribution is 2.20. The number of halogens is 1. The summed E-state index contributed by atoms with van der Waals surface area (Å²) in [7, 11) is 0. The Morgan fingerprint density at radius 3 is 2.47 bits per heavy atom. The number of rotatable bonds is 7. The van der Waals surface area contributed by atoms with E-state index in [9.17, 15) is 14.4 Å². The molecule has 2 atom stereocenters. The average molecular weight is 430 g/mol. The fourth-order valence-corrected chi connectivity index (χ4v) is 3.53. The topological polar surface area (TPSA) is 102 Å². The standard InChI is InChI=1S/C22H24ClN3O4/c23-17-10-8-15(9-11-17)13-18(20(24)27)25-21(28)19-7-4-12-26(19)22(29)30-14-16-5-2-1-3-6-16/h1-3,5-6,8-11,18-19H,4,7,12-14H2,(H2,24,27)(H,25,28)/t18-,19-/m1/s1. The summed E-state index contributed by atoms with van der Waals surface area (Å²) in [5.41, 5.74) is 7.16. The molecule has 0 radical (unpaired) electrons. The zero-order valence-corrected chi connectivity index (χ0v) is 17.2. The van der Waals surface area contributed by atoms with Crippen LogP contribution < -0.4 is 11.1 Å². The number of amides is 3. The highest BCUT2D eigenvalue weighted by atomic mass is 35.5. The largest absolute Gasteiger partial charge is 0.445 e. The first kappa shape index (κ1) is 21.6. The van der Waals surface area contributed by atoms with Gasteiger partial charge < -0.3 is 15.8 Å². The fraction of sp³-hybridized carbons (Fsp3) is 0.318. The minimum Gasteiger partial charge on any atom is -0.445 e. The molecule has 0 unspecified atom stereocenters. The van der Waals surface area contributed by atoms with Crippen LogP contribution in [0.3, 0.4) is 0 Å². The zero-order chi connectivity index (χ0) is 21.5. The number of nitrogens with one attached hydrogen (secondary N) is 1. The van der Waals surface area contributed by atoms with Gasteiger partial charge in [-0.3, -0.25) is 14.5 Å². The van der Waals surface area contributed by atoms with Gasteiger partial charge in [0, 0.05) is 18.0 Å². The summed E-state index contributed by atoms with van der Waals surface area (Å²) in [5.74, 6) is -1.06. The Kier molecular flexibility index (Phi) is 7.30. The minimum absolute atomic E-state index is 0.130. The van der Waals surface area contributed by atoms with Crippen LogP contribution in [-0.2, 0) is 27.4 Å². The average Bonchev–Trinajstić information content (AvgIpc) is 3.24. The van der Waals surface area contributed by atoms with E-state index in [1.165, 1.54) is 4.90 Å². The van der Waals surface area contributed by atoms with Crippen molar-refractivity contribution in [1.82, 2.24) is 10.2 Å². The summed E-state index contributed by atoms with van der Waals surface area (Å²) < 4.78 is 5.35. The normalized spacial score (nSPS) is 16.7. The molecule has 30 heavy (non-hydrogen) atoms. The van der Waals surface area contributed by atoms with E-state index in [0.29, 0.717) is 24.4 Å². The van der Waals surface area contributed by atoms with Crippen LogP contribution >= 0.6 is 11.6 Å². The van der Waals surface area contributed by atoms with Gasteiger partial charge in [-0.2, -0.15) is 0 Å². The second-order valence-electron chi connectivity index (χ2n) is 7.19. The maximum Gasteiger partial charge on any atom is 0.410 e. The van der Waals surface area contributed by atoms with Crippen molar-refractivity contribution >= 4 is 29.5 Å². The van der Waals surface area contributed by atoms with Gasteiger partial charge in [-0.05, 0) is 36.1 Å². The van der Waals surface area contributed by atoms with Crippen LogP contribution in [0, 0.1) is 0 Å². The third-order valence-electron chi connectivity index (χ3n) is 5.01. The molecule has 158 valence electrons. The Balaban J connectivity index is 1.59. The van der Waals surface area contributed by atoms with Gasteiger partial charge in [0.1, 0.15) is 18.7 Å². The predicted octanol–water partition coefficient (Wildman–Crippen LogP) is 2.65. The van der Waals surface area contributed by atoms with Crippen molar-refractivity contribution in [2.45, 2.75) is 38.0 Å². The minimum atomic E-state index is -0.888. The second kappa shape index (κ2) is 10.1. The summed E-state index contributed by atoms with van der Waals surface area (Å²) in [4.78, 5) is 38.6. The third-order valence-corrected chi connectivity index (χ3v) is 5.26. The molecule has 0 bridgehead atoms. The summed E-state index contributed by atoms with van der Waals surface area (Å²) in [6.45, 7) is 0.551. The summed E-state index contributed by atoms with van der Waals surface area (Å²) in [6, 6.07) is 14.7. The van der Waals surface area contributed by atoms with Crippen LogP contribution in [-0.4, -0.2) is 41.4 Å². The number of hydrogen-bond donors (Lipinski definition) is 2. The Morgan fingerprint density at radius 1 is 1.10 bits per heavy atom. The molecule has 0 saturated carbocycles. The van der Waals surface area contributed by atoms with Gasteiger partial charge in [0.15, 0.2) is 0 Å². The van der Waals surface area contributed by atoms with Gasteiger partial charge >= 0.3 is 6.09 Å². The van der Waals surface area contributed by atoms with Crippen molar-refractivity contribution in [1.29, 1.82) is 0 Å². The van der Waals surface area contributed by atoms with Crippen LogP contribution in [0.4, 0.5) is 4.79 Å². The van der Waals surface area contributed by atoms with E-state index in [1.54, 1.807) is 24.3 Å². The summed E-state index contributed by atoms with van der Waals surface area (Å²) >= 11 is 5.88. The molecular formula is C22H24ClN3O4. The van der Waals surface area contributed by atoms with Gasteiger partial charge in [-0.1, -0.05) is 54.1 Å². The molecule has 3 amide bonds. The van der Waals surface area contributed by atoms with E-state index < -0.39 is 30.0 Å². The SMILES string of the molecule is NC(=O)[C@@H](Cc1ccc(Cl)cc1)NC(=O)[C@H]1CCCN1C(=O)OCc1ccccc1. The molecule has 1 aliphatic rings. The Bertz CT molecular complexity index is 889. The third kappa shape index (κ3) is 5.73. The lowest BCUT2D eigenvalue weighted by atomic mass is 10.0. The number of ether oxygens (including phenoxy) is 1. The number of nitrogens with zero attached hydrogens (tertiary/aromatic N) is 1. The molecule has 1 heterocycles. The molecule has 1 aliphatic heterocycles. The highest BCUT2D eigenvalue weighted by Gasteiger charge is 2.36. The monoisotopic (exact) mass is 429 g/mol. The van der Waals surface area contributed by atoms with E-state index in [0.717, 1.165) is 11.1 Å². The zero-order valence-electron chi connectivity index (χ0n) is 16.4. The summed E-state index contributed by atoms with van der Waals surface area (Å²) in [5, 5.41) is 3.26. The molecule has 8 heteroatoms. The number of benzene rings is 2. The molecule has 1 fully saturated rings. The van der Waals surface area contributed by atoms with E-state index in [4.69, 9.17) is 22.1 Å². The van der Waals surface area contributed by atoms with E-state index in [1.807, 2.05) is 30.3 Å². The number of likely N-dealkylation sites (tertiary alicyclic amines) is 1. The lowest BCUT2D eigenvalue weighted by molar-refractivity contribution is -0.130. The number of primary amides is 1. The molecule has 7 nitrogen and oxygen atoms in total. The van der Waals surface area contributed by atoms with E-state index >= 15 is 0 Å². The van der Waals surface area contributed by atoms with Crippen molar-refractivity contribution in [3.8, 4) is 0 Å². The summed E-state index contributed by atoms with van der Waals surface area (Å²) in [6.07, 6.45) is 0.865. The van der Waals surface area contributed by atoms with Gasteiger partial charge in [0.25, 0.3) is 0 Å². The quantitative estimate of drug-likeness (QED) is 0.706. The Labute approximate surface area is 180 Å². The van der Waals surface area contributed by atoms with Crippen molar-refractivity contribution < 1.29 is 19.1 Å². The van der Waals surface area contributed by atoms with E-state index in [2.05, 4.69) is 5.32 Å². The molecule has 0 aromatic heterocycles. The smallest absolute Gasteiger partial charge is 0.410 e. The van der Waals surface area contributed by atoms with Gasteiger partial charge in [-0.25, -0.2) is 4.79 Å². The van der Waals surface area contributed by atoms with Crippen LogP contribution in [0.1, 0.15) is 24.0 Å². The van der Waals surface area contributed by atoms with Crippen molar-refractivity contribution in [3.63, 3.8) is 0 Å². The van der Waals surface area contributed by atoms with Crippen LogP contribution in [0.5, 0.6) is 0 Å². The molecule has 3 rings (SSSR count). The molecular weight excluding hydrogens is 406 g/mol. The van der Waals surface area contributed by atoms with Crippen molar-refractivity contribution in [2.24, 2.45) is 5.73 Å². The lowest BCUT2D eigenvalue weighted by Gasteiger charge is -2.25. The van der Waals surface area contributed by atoms with Gasteiger partial charge in [-0.15, -0.1) is 0 Å². The number of hydrogen-bond acceptors (Lipinski definition) is 4. The number of carbonyl (C=O) groups excluding carboxylic acids is 3. The lowest BCUT2D eigenvalue weighted by Crippen LogP contribution is -2.53. The molecule has 2 aromatic carbocycles. The van der Waals surface area contributed by atoms with E-state index in [-0.39, 0.29) is 13.0 Å². The fourth-order valence-electron chi connectivity index (χ4n) is 3.41. The molecule has 3 N–H and O–H groups in total. The van der Waals surface area contributed by atoms with Crippen molar-refractivity contribution in [3.05, 3.63) is 70.7 Å². The van der Waals surface area contributed by atoms with Gasteiger partial charge in [0.2, 0.25) is 11.8 Å². The van der Waals surface area contributed by atoms with Crippen LogP contribution in [0.25, 0.3) is 0 Å². The Morgan fingerprint density at radius 2 is 1.80 bits per heavy atom. The molecule has 1 saturated heterocycles. The van der Waals surface area contributed by atoms with Crippen LogP contribution in [0.2, 0.25) is 5.02 Å². The molecule has 2 aromatic rings. The van der Waals surface area contributed by atoms with Crippen LogP contribution in [0.15, 0.2) is 54.6 Å². The maximum atomic E-state index is 12.8. The van der Waals surface area contributed by atoms with Crippen molar-refractivity contribution in [2.75, 3.05) is 6.54 Å². The predicted molar refractivity (Wildman–Crippen MR) is 113 cm³/mol. The molecule has 0 aliphatic carbocycles. The number of nitrogens with two attached hydrogens (primary N) is 1.